The molecule has 0 unspecified atom stereocenters. The Morgan fingerprint density at radius 3 is 2.50 bits per heavy atom. The summed E-state index contributed by atoms with van der Waals surface area (Å²) in [7, 11) is 0. The molecule has 0 N–H and O–H groups in total. The fourth-order valence-electron chi connectivity index (χ4n) is 0.396. The van der Waals surface area contributed by atoms with Gasteiger partial charge < -0.3 is 0 Å². The Morgan fingerprint density at radius 2 is 2.20 bits per heavy atom. The molecule has 0 fully saturated rings. The van der Waals surface area contributed by atoms with E-state index in [0.717, 1.165) is 0 Å². The zero-order valence-corrected chi connectivity index (χ0v) is 11.0. The molecule has 0 nitrogen and oxygen atoms in total. The maximum atomic E-state index is 12.1. The van der Waals surface area contributed by atoms with Gasteiger partial charge in [-0.05, 0) is 5.02 Å². The predicted octanol–water partition coefficient (Wildman–Crippen LogP) is 3.16. The second-order valence-electron chi connectivity index (χ2n) is 1.33. The molecule has 0 heterocycles. The van der Waals surface area contributed by atoms with E-state index in [0.29, 0.717) is 0 Å². The third kappa shape index (κ3) is 3.84. The molecule has 4 heteroatoms. The van der Waals surface area contributed by atoms with E-state index < -0.39 is 5.82 Å². The molecule has 0 atom stereocenters. The van der Waals surface area contributed by atoms with E-state index in [9.17, 15) is 4.39 Å². The van der Waals surface area contributed by atoms with E-state index in [1.54, 1.807) is 6.07 Å². The minimum atomic E-state index is -0.492. The summed E-state index contributed by atoms with van der Waals surface area (Å²) in [5, 5.41) is 0.118. The molecule has 1 aromatic carbocycles. The average molecular weight is 322 g/mol. The van der Waals surface area contributed by atoms with Crippen LogP contribution in [0.5, 0.6) is 0 Å². The van der Waals surface area contributed by atoms with Crippen molar-refractivity contribution in [3.05, 3.63) is 35.1 Å². The summed E-state index contributed by atoms with van der Waals surface area (Å²) in [6.07, 6.45) is 0. The third-order valence-corrected chi connectivity index (χ3v) is 1.05. The van der Waals surface area contributed by atoms with Gasteiger partial charge in [-0.25, -0.2) is 4.39 Å². The number of hydrogen-bond acceptors (Lipinski definition) is 0. The molecule has 10 heavy (non-hydrogen) atoms. The molecule has 0 bridgehead atoms. The van der Waals surface area contributed by atoms with Crippen molar-refractivity contribution >= 4 is 31.4 Å². The summed E-state index contributed by atoms with van der Waals surface area (Å²) in [6.45, 7) is 0. The summed E-state index contributed by atoms with van der Waals surface area (Å²) in [5.41, 5.74) is 0. The molecule has 0 aliphatic rings. The van der Waals surface area contributed by atoms with Gasteiger partial charge in [0.05, 0.1) is 0 Å². The van der Waals surface area contributed by atoms with E-state index in [1.165, 1.54) is 26.9 Å². The van der Waals surface area contributed by atoms with Gasteiger partial charge in [0, 0.05) is 5.82 Å². The van der Waals surface area contributed by atoms with Crippen molar-refractivity contribution in [2.75, 3.05) is 0 Å². The zero-order valence-electron chi connectivity index (χ0n) is 5.07. The van der Waals surface area contributed by atoms with E-state index in [-0.39, 0.29) is 5.02 Å². The molecule has 50 valence electrons. The van der Waals surface area contributed by atoms with Crippen molar-refractivity contribution in [2.45, 2.75) is 0 Å². The van der Waals surface area contributed by atoms with Gasteiger partial charge in [0.2, 0.25) is 0 Å². The van der Waals surface area contributed by atoms with Crippen LogP contribution >= 0.6 is 31.4 Å². The van der Waals surface area contributed by atoms with Crippen LogP contribution in [0.3, 0.4) is 0 Å². The second-order valence-corrected chi connectivity index (χ2v) is 1.74. The fourth-order valence-corrected chi connectivity index (χ4v) is 0.523. The summed E-state index contributed by atoms with van der Waals surface area (Å²) < 4.78 is 12.1. The summed E-state index contributed by atoms with van der Waals surface area (Å²) in [5.74, 6) is -0.492. The van der Waals surface area contributed by atoms with Crippen LogP contribution in [0.1, 0.15) is 0 Å². The molecule has 0 saturated heterocycles. The molecule has 0 radical (unpaired) electrons. The number of rotatable bonds is 0. The molecule has 0 saturated carbocycles. The second kappa shape index (κ2) is 6.50. The Hall–Kier alpha value is 0.793. The Kier molecular flexibility index (Phi) is 7.02. The van der Waals surface area contributed by atoms with Crippen molar-refractivity contribution in [2.24, 2.45) is 0 Å². The van der Waals surface area contributed by atoms with Crippen LogP contribution in [-0.4, -0.2) is 0 Å². The van der Waals surface area contributed by atoms with Crippen molar-refractivity contribution in [1.82, 2.24) is 0 Å². The predicted molar refractivity (Wildman–Crippen MR) is 44.3 cm³/mol. The first-order valence-electron chi connectivity index (χ1n) is 2.39. The van der Waals surface area contributed by atoms with Crippen molar-refractivity contribution in [3.8, 4) is 0 Å². The van der Waals surface area contributed by atoms with Gasteiger partial charge in [0.25, 0.3) is 0 Å². The van der Waals surface area contributed by atoms with Gasteiger partial charge in [0.15, 0.2) is 0 Å². The minimum absolute atomic E-state index is 0.118. The van der Waals surface area contributed by atoms with Gasteiger partial charge in [-0.2, -0.15) is 29.8 Å². The summed E-state index contributed by atoms with van der Waals surface area (Å²) in [4.78, 5) is 0. The number of hydrogen-bond donors (Lipinski definition) is 0. The van der Waals surface area contributed by atoms with Gasteiger partial charge in [-0.1, -0.05) is 0 Å². The van der Waals surface area contributed by atoms with Gasteiger partial charge in [0.1, 0.15) is 0 Å². The maximum absolute atomic E-state index is 12.1. The Bertz CT molecular complexity index is 174. The van der Waals surface area contributed by atoms with Crippen LogP contribution in [0, 0.1) is 11.9 Å². The van der Waals surface area contributed by atoms with Crippen LogP contribution in [0.2, 0.25) is 5.02 Å². The van der Waals surface area contributed by atoms with Crippen molar-refractivity contribution in [3.63, 3.8) is 0 Å². The molecule has 1 rings (SSSR count). The Morgan fingerprint density at radius 1 is 1.60 bits per heavy atom. The average Bonchev–Trinajstić information content (AvgIpc) is 2.00. The molecule has 0 amide bonds. The SMILES string of the molecule is Fc1[c-]cccc1Cl.[Zn+][I]. The van der Waals surface area contributed by atoms with E-state index >= 15 is 0 Å². The standard InChI is InChI=1S/C6H3ClF.HI.Zn/c7-5-3-1-2-4-6(5)8;;/h1-3H;1H;/q-1;;+2/p-1. The van der Waals surface area contributed by atoms with Crippen LogP contribution in [0.15, 0.2) is 18.2 Å². The molecule has 0 aliphatic carbocycles. The molecule has 0 aliphatic heterocycles. The quantitative estimate of drug-likeness (QED) is 0.391. The van der Waals surface area contributed by atoms with Crippen molar-refractivity contribution < 1.29 is 19.2 Å². The van der Waals surface area contributed by atoms with Crippen LogP contribution in [0.4, 0.5) is 4.39 Å². The fraction of sp³-hybridized carbons (Fsp3) is 0. The molecule has 0 spiro atoms. The van der Waals surface area contributed by atoms with Crippen LogP contribution in [-0.2, 0) is 14.8 Å². The van der Waals surface area contributed by atoms with E-state index in [2.05, 4.69) is 25.8 Å². The first-order valence-corrected chi connectivity index (χ1v) is 11.8. The first-order chi connectivity index (χ1) is 4.80. The number of halogens is 3. The molecule has 1 aromatic rings. The van der Waals surface area contributed by atoms with Crippen LogP contribution < -0.4 is 0 Å². The monoisotopic (exact) mass is 320 g/mol. The summed E-state index contributed by atoms with van der Waals surface area (Å²) in [6, 6.07) is 6.88. The van der Waals surface area contributed by atoms with E-state index in [4.69, 9.17) is 11.6 Å². The molecular weight excluding hydrogens is 319 g/mol. The van der Waals surface area contributed by atoms with E-state index in [1.807, 2.05) is 0 Å². The van der Waals surface area contributed by atoms with Crippen LogP contribution in [0.25, 0.3) is 0 Å². The third-order valence-electron chi connectivity index (χ3n) is 0.759. The Balaban J connectivity index is 0.000000371. The zero-order chi connectivity index (χ0) is 7.98. The normalized spacial score (nSPS) is 8.10. The first kappa shape index (κ1) is 10.8. The molecule has 0 aromatic heterocycles. The van der Waals surface area contributed by atoms with Gasteiger partial charge >= 0.3 is 34.5 Å². The van der Waals surface area contributed by atoms with Gasteiger partial charge in [-0.3, -0.25) is 0 Å². The Labute approximate surface area is 85.0 Å². The van der Waals surface area contributed by atoms with Gasteiger partial charge in [-0.15, -0.1) is 6.07 Å². The topological polar surface area (TPSA) is 0 Å². The number of benzene rings is 1. The summed E-state index contributed by atoms with van der Waals surface area (Å²) >= 11 is 8.92. The van der Waals surface area contributed by atoms with Crippen molar-refractivity contribution in [1.29, 1.82) is 0 Å². The molecular formula is C6H3ClFIZn.